The molecule has 0 atom stereocenters. The lowest BCUT2D eigenvalue weighted by Gasteiger charge is -1.86. The second-order valence-corrected chi connectivity index (χ2v) is 3.39. The van der Waals surface area contributed by atoms with Crippen LogP contribution in [0.3, 0.4) is 0 Å². The zero-order valence-electron chi connectivity index (χ0n) is 4.89. The Labute approximate surface area is 77.0 Å². The molecule has 9 heavy (non-hydrogen) atoms. The zero-order chi connectivity index (χ0) is 6.95. The molecule has 0 rings (SSSR count). The van der Waals surface area contributed by atoms with Gasteiger partial charge in [-0.05, 0) is 9.97 Å². The van der Waals surface area contributed by atoms with E-state index < -0.39 is 0 Å². The highest BCUT2D eigenvalue weighted by molar-refractivity contribution is 9.11. The maximum atomic E-state index is 3.20. The quantitative estimate of drug-likeness (QED) is 0.705. The minimum Gasteiger partial charge on any atom is -0.154 e. The minimum atomic E-state index is 1.07. The summed E-state index contributed by atoms with van der Waals surface area (Å²) in [6.07, 6.45) is 4.15. The first-order chi connectivity index (χ1) is 4.41. The summed E-state index contributed by atoms with van der Waals surface area (Å²) < 4.78 is 0. The molecule has 0 amide bonds. The molecule has 52 valence electrons. The van der Waals surface area contributed by atoms with Gasteiger partial charge in [-0.15, -0.1) is 0 Å². The van der Waals surface area contributed by atoms with Gasteiger partial charge in [0.1, 0.15) is 0 Å². The third kappa shape index (κ3) is 8.79. The summed E-state index contributed by atoms with van der Waals surface area (Å²) in [5.41, 5.74) is 0. The van der Waals surface area contributed by atoms with Gasteiger partial charge in [0, 0.05) is 11.5 Å². The molecular weight excluding hydrogens is 264 g/mol. The average molecular weight is 272 g/mol. The van der Waals surface area contributed by atoms with Gasteiger partial charge >= 0.3 is 0 Å². The Hall–Kier alpha value is 0.790. The summed E-state index contributed by atoms with van der Waals surface area (Å²) in [7, 11) is 0. The predicted octanol–water partition coefficient (Wildman–Crippen LogP) is 3.54. The largest absolute Gasteiger partial charge is 0.154 e. The minimum absolute atomic E-state index is 1.07. The van der Waals surface area contributed by atoms with Gasteiger partial charge in [-0.2, -0.15) is 11.8 Å². The van der Waals surface area contributed by atoms with Crippen LogP contribution in [-0.4, -0.2) is 11.5 Å². The summed E-state index contributed by atoms with van der Waals surface area (Å²) in [5.74, 6) is 2.14. The first kappa shape index (κ1) is 9.79. The third-order valence-corrected chi connectivity index (χ3v) is 2.21. The summed E-state index contributed by atoms with van der Waals surface area (Å²) in [4.78, 5) is 3.77. The van der Waals surface area contributed by atoms with E-state index >= 15 is 0 Å². The lowest BCUT2D eigenvalue weighted by atomic mass is 10.8. The highest BCUT2D eigenvalue weighted by atomic mass is 79.9. The molecule has 3 heteroatoms. The normalized spacial score (nSPS) is 11.8. The Bertz CT molecular complexity index is 87.2. The number of hydrogen-bond acceptors (Lipinski definition) is 1. The molecule has 0 bridgehead atoms. The molecule has 0 heterocycles. The molecule has 0 radical (unpaired) electrons. The van der Waals surface area contributed by atoms with Crippen LogP contribution in [0.25, 0.3) is 0 Å². The highest BCUT2D eigenvalue weighted by Crippen LogP contribution is 2.01. The molecule has 0 aromatic carbocycles. The monoisotopic (exact) mass is 270 g/mol. The maximum Gasteiger partial charge on any atom is 0.0124 e. The fraction of sp³-hybridized carbons (Fsp3) is 0.333. The smallest absolute Gasteiger partial charge is 0.0124 e. The van der Waals surface area contributed by atoms with Gasteiger partial charge in [0.15, 0.2) is 0 Å². The van der Waals surface area contributed by atoms with E-state index in [1.807, 2.05) is 21.7 Å². The summed E-state index contributed by atoms with van der Waals surface area (Å²) >= 11 is 8.26. The van der Waals surface area contributed by atoms with Gasteiger partial charge in [-0.3, -0.25) is 0 Å². The molecule has 0 spiro atoms. The van der Waals surface area contributed by atoms with Crippen LogP contribution < -0.4 is 0 Å². The van der Waals surface area contributed by atoms with E-state index in [4.69, 9.17) is 0 Å². The van der Waals surface area contributed by atoms with Gasteiger partial charge in [0.25, 0.3) is 0 Å². The standard InChI is InChI=1S/C6H8Br2S/c7-3-1-5-9-6-2-4-8/h1-4H,5-6H2. The van der Waals surface area contributed by atoms with Gasteiger partial charge in [0.2, 0.25) is 0 Å². The lowest BCUT2D eigenvalue weighted by Crippen LogP contribution is -1.71. The first-order valence-corrected chi connectivity index (χ1v) is 5.48. The van der Waals surface area contributed by atoms with Crippen molar-refractivity contribution >= 4 is 43.6 Å². The van der Waals surface area contributed by atoms with Crippen molar-refractivity contribution in [2.45, 2.75) is 0 Å². The average Bonchev–Trinajstić information content (AvgIpc) is 1.89. The van der Waals surface area contributed by atoms with E-state index in [-0.39, 0.29) is 0 Å². The van der Waals surface area contributed by atoms with Crippen LogP contribution in [0.2, 0.25) is 0 Å². The van der Waals surface area contributed by atoms with Gasteiger partial charge in [-0.1, -0.05) is 44.0 Å². The molecule has 0 aliphatic heterocycles. The number of rotatable bonds is 4. The van der Waals surface area contributed by atoms with Crippen LogP contribution in [0.5, 0.6) is 0 Å². The summed E-state index contributed by atoms with van der Waals surface area (Å²) in [6.45, 7) is 0. The van der Waals surface area contributed by atoms with E-state index in [2.05, 4.69) is 44.0 Å². The second kappa shape index (κ2) is 8.79. The van der Waals surface area contributed by atoms with Crippen LogP contribution >= 0.6 is 43.6 Å². The molecule has 0 aromatic heterocycles. The van der Waals surface area contributed by atoms with Crippen molar-refractivity contribution in [1.82, 2.24) is 0 Å². The maximum absolute atomic E-state index is 3.20. The molecule has 0 saturated heterocycles. The lowest BCUT2D eigenvalue weighted by molar-refractivity contribution is 1.73. The van der Waals surface area contributed by atoms with Crippen LogP contribution in [0.15, 0.2) is 22.1 Å². The molecule has 0 nitrogen and oxygen atoms in total. The first-order valence-electron chi connectivity index (χ1n) is 2.50. The topological polar surface area (TPSA) is 0 Å². The van der Waals surface area contributed by atoms with E-state index in [1.54, 1.807) is 0 Å². The van der Waals surface area contributed by atoms with E-state index in [9.17, 15) is 0 Å². The molecule has 0 fully saturated rings. The fourth-order valence-corrected chi connectivity index (χ4v) is 1.75. The molecule has 0 saturated carbocycles. The number of halogens is 2. The van der Waals surface area contributed by atoms with Crippen molar-refractivity contribution in [3.05, 3.63) is 22.1 Å². The Morgan fingerprint density at radius 3 is 1.78 bits per heavy atom. The molecule has 0 unspecified atom stereocenters. The highest BCUT2D eigenvalue weighted by Gasteiger charge is 1.76. The van der Waals surface area contributed by atoms with Gasteiger partial charge < -0.3 is 0 Å². The molecular formula is C6H8Br2S. The van der Waals surface area contributed by atoms with Crippen molar-refractivity contribution in [3.8, 4) is 0 Å². The van der Waals surface area contributed by atoms with Crippen LogP contribution in [-0.2, 0) is 0 Å². The fourth-order valence-electron chi connectivity index (χ4n) is 0.277. The van der Waals surface area contributed by atoms with Gasteiger partial charge in [0.05, 0.1) is 0 Å². The Balaban J connectivity index is 2.91. The third-order valence-electron chi connectivity index (χ3n) is 0.606. The SMILES string of the molecule is BrC=CCSCC=CBr. The van der Waals surface area contributed by atoms with Crippen LogP contribution in [0.1, 0.15) is 0 Å². The van der Waals surface area contributed by atoms with Crippen molar-refractivity contribution in [2.75, 3.05) is 11.5 Å². The summed E-state index contributed by atoms with van der Waals surface area (Å²) in [5, 5.41) is 0. The number of hydrogen-bond donors (Lipinski definition) is 0. The van der Waals surface area contributed by atoms with Gasteiger partial charge in [-0.25, -0.2) is 0 Å². The van der Waals surface area contributed by atoms with E-state index in [1.165, 1.54) is 0 Å². The Morgan fingerprint density at radius 1 is 1.00 bits per heavy atom. The Kier molecular flexibility index (Phi) is 9.56. The molecule has 0 aliphatic carbocycles. The van der Waals surface area contributed by atoms with Crippen molar-refractivity contribution in [2.24, 2.45) is 0 Å². The number of thioether (sulfide) groups is 1. The molecule has 0 aliphatic rings. The molecule has 0 aromatic rings. The van der Waals surface area contributed by atoms with Crippen LogP contribution in [0.4, 0.5) is 0 Å². The second-order valence-electron chi connectivity index (χ2n) is 1.26. The zero-order valence-corrected chi connectivity index (χ0v) is 8.88. The molecule has 0 N–H and O–H groups in total. The van der Waals surface area contributed by atoms with Crippen molar-refractivity contribution < 1.29 is 0 Å². The van der Waals surface area contributed by atoms with E-state index in [0.717, 1.165) is 11.5 Å². The Morgan fingerprint density at radius 2 is 1.44 bits per heavy atom. The summed E-state index contributed by atoms with van der Waals surface area (Å²) in [6, 6.07) is 0. The predicted molar refractivity (Wildman–Crippen MR) is 53.5 cm³/mol. The van der Waals surface area contributed by atoms with Crippen LogP contribution in [0, 0.1) is 0 Å². The van der Waals surface area contributed by atoms with Crippen molar-refractivity contribution in [3.63, 3.8) is 0 Å². The van der Waals surface area contributed by atoms with E-state index in [0.29, 0.717) is 0 Å². The van der Waals surface area contributed by atoms with Crippen molar-refractivity contribution in [1.29, 1.82) is 0 Å².